The zero-order chi connectivity index (χ0) is 25.4. The topological polar surface area (TPSA) is 130 Å². The lowest BCUT2D eigenvalue weighted by Crippen LogP contribution is -2.28. The van der Waals surface area contributed by atoms with E-state index in [1.807, 2.05) is 0 Å². The number of aliphatic hydroxyl groups is 2. The number of carbonyl (C=O) groups excluding carboxylic acids is 2. The molecule has 0 amide bonds. The summed E-state index contributed by atoms with van der Waals surface area (Å²) in [6, 6.07) is 0. The number of carboxylic acid groups (broad SMARTS) is 1. The van der Waals surface area contributed by atoms with Crippen LogP contribution in [0, 0.1) is 0 Å². The van der Waals surface area contributed by atoms with Gasteiger partial charge in [-0.3, -0.25) is 9.59 Å². The van der Waals surface area contributed by atoms with Gasteiger partial charge in [0.1, 0.15) is 19.3 Å². The predicted octanol–water partition coefficient (Wildman–Crippen LogP) is 4.92. The fraction of sp³-hybridized carbons (Fsp3) is 0.885. The average Bonchev–Trinajstić information content (AvgIpc) is 2.81. The molecule has 8 nitrogen and oxygen atoms in total. The van der Waals surface area contributed by atoms with Gasteiger partial charge in [-0.25, -0.2) is 4.79 Å². The summed E-state index contributed by atoms with van der Waals surface area (Å²) in [5.41, 5.74) is 0. The molecule has 2 atom stereocenters. The summed E-state index contributed by atoms with van der Waals surface area (Å²) in [5.74, 6) is -2.88. The number of rotatable bonds is 24. The Labute approximate surface area is 205 Å². The molecule has 2 unspecified atom stereocenters. The largest absolute Gasteiger partial charge is 0.479 e. The zero-order valence-electron chi connectivity index (χ0n) is 21.2. The molecule has 0 aliphatic heterocycles. The second-order valence-corrected chi connectivity index (χ2v) is 9.13. The van der Waals surface area contributed by atoms with Crippen LogP contribution in [0.3, 0.4) is 0 Å². The number of carbonyl (C=O) groups is 3. The zero-order valence-corrected chi connectivity index (χ0v) is 21.2. The van der Waals surface area contributed by atoms with Crippen LogP contribution >= 0.6 is 0 Å². The van der Waals surface area contributed by atoms with Gasteiger partial charge in [0, 0.05) is 6.42 Å². The molecule has 3 N–H and O–H groups in total. The van der Waals surface area contributed by atoms with Crippen molar-refractivity contribution < 1.29 is 39.2 Å². The molecular formula is C26H48O8. The quantitative estimate of drug-likeness (QED) is 0.129. The van der Waals surface area contributed by atoms with Gasteiger partial charge in [-0.05, 0) is 6.42 Å². The summed E-state index contributed by atoms with van der Waals surface area (Å²) in [4.78, 5) is 33.5. The fourth-order valence-electron chi connectivity index (χ4n) is 3.62. The molecule has 0 fully saturated rings. The van der Waals surface area contributed by atoms with Gasteiger partial charge in [-0.2, -0.15) is 0 Å². The summed E-state index contributed by atoms with van der Waals surface area (Å²) in [5, 5.41) is 27.2. The van der Waals surface area contributed by atoms with Gasteiger partial charge in [0.05, 0.1) is 6.42 Å². The maximum absolute atomic E-state index is 11.7. The SMILES string of the molecule is CCCCCCCCCCCCCCCCCCC(=O)OCC(O)COC(=O)CC(O)C(=O)O. The number of hydrogen-bond acceptors (Lipinski definition) is 7. The molecule has 0 radical (unpaired) electrons. The van der Waals surface area contributed by atoms with Crippen LogP contribution in [0.25, 0.3) is 0 Å². The first-order valence-electron chi connectivity index (χ1n) is 13.3. The molecule has 200 valence electrons. The van der Waals surface area contributed by atoms with E-state index < -0.39 is 43.1 Å². The monoisotopic (exact) mass is 488 g/mol. The lowest BCUT2D eigenvalue weighted by Gasteiger charge is -2.12. The molecule has 0 aromatic heterocycles. The molecule has 0 saturated heterocycles. The second-order valence-electron chi connectivity index (χ2n) is 9.13. The van der Waals surface area contributed by atoms with Gasteiger partial charge < -0.3 is 24.8 Å². The van der Waals surface area contributed by atoms with Crippen LogP contribution in [0.5, 0.6) is 0 Å². The highest BCUT2D eigenvalue weighted by Crippen LogP contribution is 2.14. The van der Waals surface area contributed by atoms with Crippen molar-refractivity contribution >= 4 is 17.9 Å². The number of esters is 2. The molecule has 0 spiro atoms. The Morgan fingerprint density at radius 2 is 1.00 bits per heavy atom. The standard InChI is InChI=1S/C26H48O8/c1-2-3-4-5-6-7-8-9-10-11-12-13-14-15-16-17-18-24(29)33-20-22(27)21-34-25(30)19-23(28)26(31)32/h22-23,27-28H,2-21H2,1H3,(H,31,32). The Morgan fingerprint density at radius 3 is 1.41 bits per heavy atom. The van der Waals surface area contributed by atoms with Crippen LogP contribution in [-0.2, 0) is 23.9 Å². The van der Waals surface area contributed by atoms with Crippen LogP contribution in [0.1, 0.15) is 122 Å². The minimum absolute atomic E-state index is 0.287. The van der Waals surface area contributed by atoms with Crippen LogP contribution in [0.15, 0.2) is 0 Å². The van der Waals surface area contributed by atoms with Gasteiger partial charge in [-0.1, -0.05) is 103 Å². The number of ether oxygens (including phenoxy) is 2. The molecule has 0 saturated carbocycles. The first kappa shape index (κ1) is 32.3. The van der Waals surface area contributed by atoms with Gasteiger partial charge in [0.2, 0.25) is 0 Å². The van der Waals surface area contributed by atoms with E-state index in [-0.39, 0.29) is 13.0 Å². The molecule has 0 aromatic carbocycles. The van der Waals surface area contributed by atoms with Crippen molar-refractivity contribution in [2.45, 2.75) is 135 Å². The summed E-state index contributed by atoms with van der Waals surface area (Å²) in [6.07, 6.45) is 16.7. The molecule has 8 heteroatoms. The van der Waals surface area contributed by atoms with E-state index in [1.165, 1.54) is 83.5 Å². The molecule has 0 aromatic rings. The van der Waals surface area contributed by atoms with Gasteiger partial charge >= 0.3 is 17.9 Å². The van der Waals surface area contributed by atoms with Crippen LogP contribution in [0.4, 0.5) is 0 Å². The molecule has 0 heterocycles. The van der Waals surface area contributed by atoms with Crippen molar-refractivity contribution in [2.75, 3.05) is 13.2 Å². The first-order valence-corrected chi connectivity index (χ1v) is 13.3. The number of aliphatic hydroxyl groups excluding tert-OH is 2. The summed E-state index contributed by atoms with van der Waals surface area (Å²) in [7, 11) is 0. The Balaban J connectivity index is 3.41. The summed E-state index contributed by atoms with van der Waals surface area (Å²) < 4.78 is 9.60. The van der Waals surface area contributed by atoms with Crippen LogP contribution < -0.4 is 0 Å². The predicted molar refractivity (Wildman–Crippen MR) is 130 cm³/mol. The highest BCUT2D eigenvalue weighted by Gasteiger charge is 2.20. The lowest BCUT2D eigenvalue weighted by molar-refractivity contribution is -0.159. The Morgan fingerprint density at radius 1 is 0.618 bits per heavy atom. The Kier molecular flexibility index (Phi) is 22.0. The second kappa shape index (κ2) is 23.1. The van der Waals surface area contributed by atoms with E-state index in [9.17, 15) is 19.5 Å². The molecule has 0 bridgehead atoms. The average molecular weight is 489 g/mol. The number of unbranched alkanes of at least 4 members (excludes halogenated alkanes) is 15. The van der Waals surface area contributed by atoms with Crippen molar-refractivity contribution in [2.24, 2.45) is 0 Å². The van der Waals surface area contributed by atoms with Crippen LogP contribution in [0.2, 0.25) is 0 Å². The van der Waals surface area contributed by atoms with Crippen molar-refractivity contribution in [3.05, 3.63) is 0 Å². The van der Waals surface area contributed by atoms with E-state index in [2.05, 4.69) is 11.7 Å². The molecule has 0 aliphatic rings. The number of aliphatic carboxylic acids is 1. The Bertz CT molecular complexity index is 523. The molecule has 34 heavy (non-hydrogen) atoms. The molecule has 0 rings (SSSR count). The normalized spacial score (nSPS) is 12.8. The Hall–Kier alpha value is -1.67. The van der Waals surface area contributed by atoms with Crippen molar-refractivity contribution in [1.29, 1.82) is 0 Å². The lowest BCUT2D eigenvalue weighted by atomic mass is 10.0. The first-order chi connectivity index (χ1) is 16.4. The molecule has 0 aliphatic carbocycles. The summed E-state index contributed by atoms with van der Waals surface area (Å²) in [6.45, 7) is 1.52. The fourth-order valence-corrected chi connectivity index (χ4v) is 3.62. The van der Waals surface area contributed by atoms with Crippen molar-refractivity contribution in [1.82, 2.24) is 0 Å². The van der Waals surface area contributed by atoms with E-state index in [0.717, 1.165) is 19.3 Å². The van der Waals surface area contributed by atoms with Crippen molar-refractivity contribution in [3.8, 4) is 0 Å². The maximum atomic E-state index is 11.7. The highest BCUT2D eigenvalue weighted by atomic mass is 16.6. The maximum Gasteiger partial charge on any atom is 0.333 e. The number of hydrogen-bond donors (Lipinski definition) is 3. The smallest absolute Gasteiger partial charge is 0.333 e. The van der Waals surface area contributed by atoms with Crippen LogP contribution in [-0.4, -0.2) is 58.6 Å². The van der Waals surface area contributed by atoms with Gasteiger partial charge in [0.15, 0.2) is 6.10 Å². The third-order valence-electron chi connectivity index (χ3n) is 5.75. The minimum Gasteiger partial charge on any atom is -0.479 e. The van der Waals surface area contributed by atoms with E-state index in [4.69, 9.17) is 14.9 Å². The third-order valence-corrected chi connectivity index (χ3v) is 5.75. The van der Waals surface area contributed by atoms with Gasteiger partial charge in [-0.15, -0.1) is 0 Å². The molecular weight excluding hydrogens is 440 g/mol. The van der Waals surface area contributed by atoms with E-state index in [0.29, 0.717) is 0 Å². The van der Waals surface area contributed by atoms with Gasteiger partial charge in [0.25, 0.3) is 0 Å². The van der Waals surface area contributed by atoms with Crippen molar-refractivity contribution in [3.63, 3.8) is 0 Å². The minimum atomic E-state index is -1.85. The highest BCUT2D eigenvalue weighted by molar-refractivity contribution is 5.80. The third kappa shape index (κ3) is 22.1. The van der Waals surface area contributed by atoms with E-state index in [1.54, 1.807) is 0 Å². The van der Waals surface area contributed by atoms with E-state index >= 15 is 0 Å². The number of carboxylic acids is 1. The summed E-state index contributed by atoms with van der Waals surface area (Å²) >= 11 is 0.